The average Bonchev–Trinajstić information content (AvgIpc) is 2.62. The molecule has 0 unspecified atom stereocenters. The Balaban J connectivity index is 2.27. The first kappa shape index (κ1) is 19.2. The molecule has 2 rings (SSSR count). The molecule has 0 saturated heterocycles. The largest absolute Gasteiger partial charge is 0.493 e. The zero-order valence-electron chi connectivity index (χ0n) is 14.6. The van der Waals surface area contributed by atoms with E-state index in [0.717, 1.165) is 0 Å². The minimum atomic E-state index is -1.14. The van der Waals surface area contributed by atoms with Crippen molar-refractivity contribution in [3.05, 3.63) is 59.4 Å². The van der Waals surface area contributed by atoms with Crippen molar-refractivity contribution in [2.24, 2.45) is 0 Å². The molecule has 0 fully saturated rings. The number of amides is 1. The number of rotatable bonds is 8. The summed E-state index contributed by atoms with van der Waals surface area (Å²) in [5.41, 5.74) is 0.896. The fraction of sp³-hybridized carbons (Fsp3) is 0.263. The van der Waals surface area contributed by atoms with Gasteiger partial charge in [-0.15, -0.1) is 0 Å². The maximum Gasteiger partial charge on any atom is 0.323 e. The van der Waals surface area contributed by atoms with Crippen molar-refractivity contribution >= 4 is 11.9 Å². The number of benzene rings is 2. The first-order valence-electron chi connectivity index (χ1n) is 8.01. The lowest BCUT2D eigenvalue weighted by atomic mass is 10.1. The molecule has 1 amide bonds. The van der Waals surface area contributed by atoms with Crippen LogP contribution in [0.2, 0.25) is 0 Å². The fourth-order valence-corrected chi connectivity index (χ4v) is 2.43. The van der Waals surface area contributed by atoms with Gasteiger partial charge in [-0.3, -0.25) is 9.59 Å². The monoisotopic (exact) mass is 361 g/mol. The standard InChI is InChI=1S/C19H20FNO5/c1-3-26-16-9-6-14(10-17(16)25-2)19(24)21(12-18(22)23)11-13-4-7-15(20)8-5-13/h4-10H,3,11-12H2,1-2H3,(H,22,23). The van der Waals surface area contributed by atoms with Crippen LogP contribution in [0.3, 0.4) is 0 Å². The number of carboxylic acid groups (broad SMARTS) is 1. The summed E-state index contributed by atoms with van der Waals surface area (Å²) >= 11 is 0. The number of ether oxygens (including phenoxy) is 2. The van der Waals surface area contributed by atoms with Gasteiger partial charge in [-0.2, -0.15) is 0 Å². The predicted octanol–water partition coefficient (Wildman–Crippen LogP) is 2.96. The second-order valence-electron chi connectivity index (χ2n) is 5.48. The molecule has 0 heterocycles. The summed E-state index contributed by atoms with van der Waals surface area (Å²) in [6.07, 6.45) is 0. The SMILES string of the molecule is CCOc1ccc(C(=O)N(CC(=O)O)Cc2ccc(F)cc2)cc1OC. The number of hydrogen-bond acceptors (Lipinski definition) is 4. The van der Waals surface area contributed by atoms with Crippen molar-refractivity contribution in [1.29, 1.82) is 0 Å². The molecular weight excluding hydrogens is 341 g/mol. The van der Waals surface area contributed by atoms with Gasteiger partial charge in [-0.05, 0) is 42.8 Å². The number of hydrogen-bond donors (Lipinski definition) is 1. The van der Waals surface area contributed by atoms with Gasteiger partial charge in [-0.25, -0.2) is 4.39 Å². The zero-order chi connectivity index (χ0) is 19.1. The summed E-state index contributed by atoms with van der Waals surface area (Å²) < 4.78 is 23.7. The molecule has 0 spiro atoms. The lowest BCUT2D eigenvalue weighted by molar-refractivity contribution is -0.137. The maximum atomic E-state index is 13.0. The van der Waals surface area contributed by atoms with E-state index in [0.29, 0.717) is 23.7 Å². The van der Waals surface area contributed by atoms with Gasteiger partial charge in [0, 0.05) is 12.1 Å². The predicted molar refractivity (Wildman–Crippen MR) is 92.9 cm³/mol. The Kier molecular flexibility index (Phi) is 6.54. The van der Waals surface area contributed by atoms with E-state index >= 15 is 0 Å². The van der Waals surface area contributed by atoms with Crippen molar-refractivity contribution in [2.75, 3.05) is 20.3 Å². The number of methoxy groups -OCH3 is 1. The third kappa shape index (κ3) is 4.95. The van der Waals surface area contributed by atoms with E-state index in [1.807, 2.05) is 6.92 Å². The van der Waals surface area contributed by atoms with Crippen molar-refractivity contribution in [3.8, 4) is 11.5 Å². The molecule has 0 bridgehead atoms. The fourth-order valence-electron chi connectivity index (χ4n) is 2.43. The molecule has 0 aliphatic rings. The summed E-state index contributed by atoms with van der Waals surface area (Å²) in [4.78, 5) is 25.1. The first-order valence-corrected chi connectivity index (χ1v) is 8.01. The summed E-state index contributed by atoms with van der Waals surface area (Å²) in [6, 6.07) is 10.2. The number of aliphatic carboxylic acids is 1. The smallest absolute Gasteiger partial charge is 0.323 e. The van der Waals surface area contributed by atoms with Gasteiger partial charge in [0.05, 0.1) is 13.7 Å². The van der Waals surface area contributed by atoms with Crippen LogP contribution in [-0.4, -0.2) is 42.1 Å². The highest BCUT2D eigenvalue weighted by atomic mass is 19.1. The number of halogens is 1. The van der Waals surface area contributed by atoms with Crippen LogP contribution in [0.25, 0.3) is 0 Å². The summed E-state index contributed by atoms with van der Waals surface area (Å²) in [7, 11) is 1.46. The lowest BCUT2D eigenvalue weighted by Gasteiger charge is -2.21. The van der Waals surface area contributed by atoms with Crippen LogP contribution in [0.5, 0.6) is 11.5 Å². The molecule has 6 nitrogen and oxygen atoms in total. The average molecular weight is 361 g/mol. The Morgan fingerprint density at radius 2 is 1.81 bits per heavy atom. The number of carbonyl (C=O) groups is 2. The van der Waals surface area contributed by atoms with Gasteiger partial charge in [0.2, 0.25) is 0 Å². The summed E-state index contributed by atoms with van der Waals surface area (Å²) in [5, 5.41) is 9.12. The Labute approximate surface area is 150 Å². The minimum absolute atomic E-state index is 0.0426. The zero-order valence-corrected chi connectivity index (χ0v) is 14.6. The summed E-state index contributed by atoms with van der Waals surface area (Å²) in [6.45, 7) is 1.84. The topological polar surface area (TPSA) is 76.1 Å². The summed E-state index contributed by atoms with van der Waals surface area (Å²) in [5.74, 6) is -1.14. The molecule has 0 radical (unpaired) electrons. The van der Waals surface area contributed by atoms with Crippen LogP contribution in [0.1, 0.15) is 22.8 Å². The van der Waals surface area contributed by atoms with Crippen LogP contribution >= 0.6 is 0 Å². The van der Waals surface area contributed by atoms with E-state index in [-0.39, 0.29) is 12.1 Å². The maximum absolute atomic E-state index is 13.0. The molecule has 0 atom stereocenters. The molecule has 1 N–H and O–H groups in total. The Morgan fingerprint density at radius 1 is 1.12 bits per heavy atom. The van der Waals surface area contributed by atoms with Crippen LogP contribution in [0.4, 0.5) is 4.39 Å². The highest BCUT2D eigenvalue weighted by Crippen LogP contribution is 2.28. The first-order chi connectivity index (χ1) is 12.4. The number of nitrogens with zero attached hydrogens (tertiary/aromatic N) is 1. The second kappa shape index (κ2) is 8.84. The van der Waals surface area contributed by atoms with Crippen molar-refractivity contribution in [3.63, 3.8) is 0 Å². The highest BCUT2D eigenvalue weighted by Gasteiger charge is 2.20. The third-order valence-electron chi connectivity index (χ3n) is 3.61. The Hall–Kier alpha value is -3.09. The van der Waals surface area contributed by atoms with Crippen LogP contribution in [0, 0.1) is 5.82 Å². The van der Waals surface area contributed by atoms with Gasteiger partial charge < -0.3 is 19.5 Å². The van der Waals surface area contributed by atoms with E-state index in [9.17, 15) is 14.0 Å². The van der Waals surface area contributed by atoms with E-state index in [1.54, 1.807) is 12.1 Å². The molecule has 0 aliphatic carbocycles. The highest BCUT2D eigenvalue weighted by molar-refractivity contribution is 5.96. The molecular formula is C19H20FNO5. The van der Waals surface area contributed by atoms with Crippen LogP contribution < -0.4 is 9.47 Å². The van der Waals surface area contributed by atoms with Crippen molar-refractivity contribution < 1.29 is 28.6 Å². The van der Waals surface area contributed by atoms with Crippen LogP contribution in [0.15, 0.2) is 42.5 Å². The normalized spacial score (nSPS) is 10.3. The van der Waals surface area contributed by atoms with Crippen molar-refractivity contribution in [1.82, 2.24) is 4.90 Å². The molecule has 0 aromatic heterocycles. The van der Waals surface area contributed by atoms with E-state index in [2.05, 4.69) is 0 Å². The Bertz CT molecular complexity index is 776. The van der Waals surface area contributed by atoms with Gasteiger partial charge >= 0.3 is 5.97 Å². The molecule has 0 saturated carbocycles. The number of carbonyl (C=O) groups excluding carboxylic acids is 1. The van der Waals surface area contributed by atoms with E-state index in [4.69, 9.17) is 14.6 Å². The van der Waals surface area contributed by atoms with Gasteiger partial charge in [0.15, 0.2) is 11.5 Å². The molecule has 26 heavy (non-hydrogen) atoms. The quantitative estimate of drug-likeness (QED) is 0.782. The Morgan fingerprint density at radius 3 is 2.38 bits per heavy atom. The molecule has 2 aromatic rings. The lowest BCUT2D eigenvalue weighted by Crippen LogP contribution is -2.35. The van der Waals surface area contributed by atoms with Crippen molar-refractivity contribution in [2.45, 2.75) is 13.5 Å². The third-order valence-corrected chi connectivity index (χ3v) is 3.61. The van der Waals surface area contributed by atoms with E-state index in [1.165, 1.54) is 42.3 Å². The molecule has 0 aliphatic heterocycles. The second-order valence-corrected chi connectivity index (χ2v) is 5.48. The van der Waals surface area contributed by atoms with Gasteiger partial charge in [-0.1, -0.05) is 12.1 Å². The van der Waals surface area contributed by atoms with Gasteiger partial charge in [0.1, 0.15) is 12.4 Å². The number of carboxylic acids is 1. The van der Waals surface area contributed by atoms with Crippen LogP contribution in [-0.2, 0) is 11.3 Å². The van der Waals surface area contributed by atoms with E-state index < -0.39 is 24.2 Å². The minimum Gasteiger partial charge on any atom is -0.493 e. The molecule has 7 heteroatoms. The molecule has 2 aromatic carbocycles. The van der Waals surface area contributed by atoms with Gasteiger partial charge in [0.25, 0.3) is 5.91 Å². The molecule has 138 valence electrons.